The van der Waals surface area contributed by atoms with Crippen molar-refractivity contribution in [3.05, 3.63) is 87.2 Å². The second-order valence-electron chi connectivity index (χ2n) is 6.52. The third-order valence-corrected chi connectivity index (χ3v) is 4.50. The lowest BCUT2D eigenvalue weighted by molar-refractivity contribution is -0.384. The molecular formula is C22H23N3O4. The second kappa shape index (κ2) is 9.05. The first-order chi connectivity index (χ1) is 14.0. The maximum absolute atomic E-state index is 10.8. The van der Waals surface area contributed by atoms with Crippen LogP contribution in [0.2, 0.25) is 0 Å². The molecule has 0 aliphatic rings. The van der Waals surface area contributed by atoms with Gasteiger partial charge in [-0.2, -0.15) is 0 Å². The molecule has 0 bridgehead atoms. The van der Waals surface area contributed by atoms with Crippen LogP contribution in [0.3, 0.4) is 0 Å². The Morgan fingerprint density at radius 1 is 1.14 bits per heavy atom. The number of ether oxygens (including phenoxy) is 1. The maximum atomic E-state index is 10.8. The molecule has 0 saturated carbocycles. The number of nitro benzene ring substituents is 1. The summed E-state index contributed by atoms with van der Waals surface area (Å²) in [5.41, 5.74) is 4.82. The number of aromatic nitrogens is 1. The third kappa shape index (κ3) is 4.82. The van der Waals surface area contributed by atoms with Crippen LogP contribution in [0.15, 0.2) is 59.8 Å². The molecule has 0 unspecified atom stereocenters. The molecule has 1 aromatic heterocycles. The molecule has 0 N–H and O–H groups in total. The first-order valence-electron chi connectivity index (χ1n) is 9.30. The summed E-state index contributed by atoms with van der Waals surface area (Å²) in [4.78, 5) is 15.7. The summed E-state index contributed by atoms with van der Waals surface area (Å²) in [6.07, 6.45) is 1.66. The molecule has 2 aromatic carbocycles. The summed E-state index contributed by atoms with van der Waals surface area (Å²) >= 11 is 0. The van der Waals surface area contributed by atoms with E-state index in [0.717, 1.165) is 28.4 Å². The van der Waals surface area contributed by atoms with Crippen LogP contribution in [0.1, 0.15) is 29.4 Å². The highest BCUT2D eigenvalue weighted by Gasteiger charge is 2.10. The number of nitro groups is 1. The van der Waals surface area contributed by atoms with Crippen LogP contribution >= 0.6 is 0 Å². The zero-order valence-electron chi connectivity index (χ0n) is 16.7. The van der Waals surface area contributed by atoms with Crippen molar-refractivity contribution in [3.8, 4) is 11.4 Å². The number of benzene rings is 2. The number of rotatable bonds is 8. The van der Waals surface area contributed by atoms with E-state index in [1.165, 1.54) is 12.1 Å². The van der Waals surface area contributed by atoms with Crippen molar-refractivity contribution in [1.82, 2.24) is 4.57 Å². The van der Waals surface area contributed by atoms with E-state index in [2.05, 4.69) is 9.72 Å². The standard InChI is InChI=1S/C22H23N3O4/c1-4-28-22-10-8-20(9-11-22)24-16(2)12-19(17(24)3)14-23-29-15-18-6-5-7-21(13-18)25(26)27/h5-14H,4,15H2,1-3H3/b23-14-. The van der Waals surface area contributed by atoms with Gasteiger partial charge in [0.05, 0.1) is 17.7 Å². The average Bonchev–Trinajstić information content (AvgIpc) is 3.00. The van der Waals surface area contributed by atoms with Gasteiger partial charge in [-0.15, -0.1) is 0 Å². The molecule has 29 heavy (non-hydrogen) atoms. The van der Waals surface area contributed by atoms with Gasteiger partial charge in [0.25, 0.3) is 5.69 Å². The lowest BCUT2D eigenvalue weighted by Gasteiger charge is -2.10. The molecule has 150 valence electrons. The first kappa shape index (κ1) is 20.1. The van der Waals surface area contributed by atoms with Crippen molar-refractivity contribution in [3.63, 3.8) is 0 Å². The summed E-state index contributed by atoms with van der Waals surface area (Å²) in [6.45, 7) is 6.81. The van der Waals surface area contributed by atoms with E-state index in [1.54, 1.807) is 18.3 Å². The lowest BCUT2D eigenvalue weighted by atomic mass is 10.2. The van der Waals surface area contributed by atoms with Crippen LogP contribution in [0.5, 0.6) is 5.75 Å². The predicted molar refractivity (Wildman–Crippen MR) is 112 cm³/mol. The number of aryl methyl sites for hydroxylation is 1. The summed E-state index contributed by atoms with van der Waals surface area (Å²) in [5, 5.41) is 14.9. The average molecular weight is 393 g/mol. The minimum atomic E-state index is -0.428. The van der Waals surface area contributed by atoms with Gasteiger partial charge in [-0.25, -0.2) is 0 Å². The molecule has 3 rings (SSSR count). The molecule has 1 heterocycles. The molecule has 0 radical (unpaired) electrons. The highest BCUT2D eigenvalue weighted by Crippen LogP contribution is 2.22. The zero-order valence-corrected chi connectivity index (χ0v) is 16.7. The Balaban J connectivity index is 1.69. The first-order valence-corrected chi connectivity index (χ1v) is 9.30. The van der Waals surface area contributed by atoms with Gasteiger partial charge in [0, 0.05) is 34.8 Å². The van der Waals surface area contributed by atoms with Gasteiger partial charge < -0.3 is 14.1 Å². The van der Waals surface area contributed by atoms with E-state index in [1.807, 2.05) is 51.1 Å². The number of hydrogen-bond acceptors (Lipinski definition) is 5. The Labute approximate surface area is 169 Å². The van der Waals surface area contributed by atoms with Gasteiger partial charge in [0.1, 0.15) is 12.4 Å². The Kier molecular flexibility index (Phi) is 6.29. The van der Waals surface area contributed by atoms with Crippen LogP contribution < -0.4 is 4.74 Å². The van der Waals surface area contributed by atoms with Crippen LogP contribution in [0.25, 0.3) is 5.69 Å². The monoisotopic (exact) mass is 393 g/mol. The smallest absolute Gasteiger partial charge is 0.269 e. The van der Waals surface area contributed by atoms with Crippen molar-refractivity contribution < 1.29 is 14.5 Å². The lowest BCUT2D eigenvalue weighted by Crippen LogP contribution is -2.00. The highest BCUT2D eigenvalue weighted by atomic mass is 16.6. The molecule has 7 heteroatoms. The van der Waals surface area contributed by atoms with E-state index >= 15 is 0 Å². The van der Waals surface area contributed by atoms with E-state index < -0.39 is 4.92 Å². The Bertz CT molecular complexity index is 1020. The molecule has 0 aliphatic carbocycles. The van der Waals surface area contributed by atoms with Crippen molar-refractivity contribution >= 4 is 11.9 Å². The zero-order chi connectivity index (χ0) is 20.8. The van der Waals surface area contributed by atoms with Gasteiger partial charge in [-0.3, -0.25) is 10.1 Å². The number of oxime groups is 1. The molecule has 0 spiro atoms. The number of non-ortho nitro benzene ring substituents is 1. The van der Waals surface area contributed by atoms with Gasteiger partial charge in [-0.05, 0) is 56.7 Å². The van der Waals surface area contributed by atoms with E-state index in [-0.39, 0.29) is 12.3 Å². The van der Waals surface area contributed by atoms with Crippen LogP contribution in [-0.4, -0.2) is 22.3 Å². The fourth-order valence-electron chi connectivity index (χ4n) is 3.14. The minimum absolute atomic E-state index is 0.0361. The SMILES string of the molecule is CCOc1ccc(-n2c(C)cc(/C=N\OCc3cccc([N+](=O)[O-])c3)c2C)cc1. The summed E-state index contributed by atoms with van der Waals surface area (Å²) < 4.78 is 7.64. The van der Waals surface area contributed by atoms with Crippen molar-refractivity contribution in [1.29, 1.82) is 0 Å². The van der Waals surface area contributed by atoms with Crippen molar-refractivity contribution in [2.45, 2.75) is 27.4 Å². The fourth-order valence-corrected chi connectivity index (χ4v) is 3.14. The number of hydrogen-bond donors (Lipinski definition) is 0. The normalized spacial score (nSPS) is 11.0. The molecule has 7 nitrogen and oxygen atoms in total. The molecular weight excluding hydrogens is 370 g/mol. The molecule has 0 saturated heterocycles. The highest BCUT2D eigenvalue weighted by molar-refractivity contribution is 5.81. The predicted octanol–water partition coefficient (Wildman–Crippen LogP) is 4.95. The largest absolute Gasteiger partial charge is 0.494 e. The summed E-state index contributed by atoms with van der Waals surface area (Å²) in [5.74, 6) is 0.843. The summed E-state index contributed by atoms with van der Waals surface area (Å²) in [7, 11) is 0. The van der Waals surface area contributed by atoms with E-state index in [0.29, 0.717) is 12.2 Å². The minimum Gasteiger partial charge on any atom is -0.494 e. The summed E-state index contributed by atoms with van der Waals surface area (Å²) in [6, 6.07) is 16.3. The van der Waals surface area contributed by atoms with Crippen LogP contribution in [-0.2, 0) is 11.4 Å². The van der Waals surface area contributed by atoms with Crippen LogP contribution in [0.4, 0.5) is 5.69 Å². The molecule has 3 aromatic rings. The second-order valence-corrected chi connectivity index (χ2v) is 6.52. The molecule has 0 amide bonds. The van der Waals surface area contributed by atoms with E-state index in [4.69, 9.17) is 9.57 Å². The van der Waals surface area contributed by atoms with Gasteiger partial charge in [0.15, 0.2) is 0 Å². The van der Waals surface area contributed by atoms with Gasteiger partial charge >= 0.3 is 0 Å². The molecule has 0 fully saturated rings. The maximum Gasteiger partial charge on any atom is 0.269 e. The number of nitrogens with zero attached hydrogens (tertiary/aromatic N) is 3. The van der Waals surface area contributed by atoms with Crippen molar-refractivity contribution in [2.24, 2.45) is 5.16 Å². The molecule has 0 atom stereocenters. The quantitative estimate of drug-likeness (QED) is 0.308. The Morgan fingerprint density at radius 2 is 1.90 bits per heavy atom. The molecule has 0 aliphatic heterocycles. The van der Waals surface area contributed by atoms with Crippen LogP contribution in [0, 0.1) is 24.0 Å². The Hall–Kier alpha value is -3.61. The van der Waals surface area contributed by atoms with Crippen molar-refractivity contribution in [2.75, 3.05) is 6.61 Å². The van der Waals surface area contributed by atoms with E-state index in [9.17, 15) is 10.1 Å². The van der Waals surface area contributed by atoms with Gasteiger partial charge in [0.2, 0.25) is 0 Å². The topological polar surface area (TPSA) is 78.9 Å². The third-order valence-electron chi connectivity index (χ3n) is 4.50. The van der Waals surface area contributed by atoms with Gasteiger partial charge in [-0.1, -0.05) is 17.3 Å². The fraction of sp³-hybridized carbons (Fsp3) is 0.227. The Morgan fingerprint density at radius 3 is 2.59 bits per heavy atom.